The van der Waals surface area contributed by atoms with E-state index >= 15 is 0 Å². The first-order valence-corrected chi connectivity index (χ1v) is 6.96. The second-order valence-corrected chi connectivity index (χ2v) is 5.15. The number of amides is 1. The fourth-order valence-corrected chi connectivity index (χ4v) is 2.72. The van der Waals surface area contributed by atoms with Crippen molar-refractivity contribution in [3.63, 3.8) is 0 Å². The van der Waals surface area contributed by atoms with Crippen molar-refractivity contribution in [3.05, 3.63) is 53.9 Å². The molecule has 0 spiro atoms. The summed E-state index contributed by atoms with van der Waals surface area (Å²) in [6.45, 7) is 1.50. The third-order valence-corrected chi connectivity index (χ3v) is 3.85. The Morgan fingerprint density at radius 1 is 1.29 bits per heavy atom. The van der Waals surface area contributed by atoms with Gasteiger partial charge in [0.15, 0.2) is 0 Å². The van der Waals surface area contributed by atoms with E-state index in [0.29, 0.717) is 25.3 Å². The maximum atomic E-state index is 12.7. The molecule has 0 saturated carbocycles. The zero-order chi connectivity index (χ0) is 14.8. The van der Waals surface area contributed by atoms with Crippen LogP contribution in [0.1, 0.15) is 22.1 Å². The molecule has 1 amide bonds. The molecule has 2 aromatic rings. The van der Waals surface area contributed by atoms with Crippen molar-refractivity contribution in [1.82, 2.24) is 9.47 Å². The van der Waals surface area contributed by atoms with E-state index in [0.717, 1.165) is 5.69 Å². The third kappa shape index (κ3) is 2.52. The third-order valence-electron chi connectivity index (χ3n) is 3.85. The lowest BCUT2D eigenvalue weighted by Crippen LogP contribution is -2.44. The van der Waals surface area contributed by atoms with E-state index in [-0.39, 0.29) is 17.7 Å². The summed E-state index contributed by atoms with van der Waals surface area (Å²) in [5.41, 5.74) is 1.36. The number of ether oxygens (including phenoxy) is 1. The number of rotatable bonds is 2. The van der Waals surface area contributed by atoms with Crippen LogP contribution >= 0.6 is 0 Å². The number of carbonyl (C=O) groups excluding carboxylic acids is 1. The molecule has 1 aromatic heterocycles. The second-order valence-electron chi connectivity index (χ2n) is 5.15. The Hall–Kier alpha value is -2.27. The van der Waals surface area contributed by atoms with Crippen molar-refractivity contribution in [1.29, 1.82) is 0 Å². The van der Waals surface area contributed by atoms with Crippen LogP contribution in [0.3, 0.4) is 0 Å². The maximum absolute atomic E-state index is 12.7. The van der Waals surface area contributed by atoms with Gasteiger partial charge in [-0.1, -0.05) is 12.1 Å². The topological polar surface area (TPSA) is 54.7 Å². The van der Waals surface area contributed by atoms with E-state index in [1.165, 1.54) is 6.07 Å². The van der Waals surface area contributed by atoms with Crippen LogP contribution in [0.5, 0.6) is 5.75 Å². The van der Waals surface area contributed by atoms with E-state index in [2.05, 4.69) is 0 Å². The van der Waals surface area contributed by atoms with Gasteiger partial charge in [-0.05, 0) is 24.3 Å². The fraction of sp³-hybridized carbons (Fsp3) is 0.312. The number of benzene rings is 1. The Balaban J connectivity index is 1.93. The van der Waals surface area contributed by atoms with Crippen LogP contribution < -0.4 is 0 Å². The number of hydrogen-bond donors (Lipinski definition) is 1. The number of morpholine rings is 1. The lowest BCUT2D eigenvalue weighted by molar-refractivity contribution is -0.00477. The average molecular weight is 286 g/mol. The van der Waals surface area contributed by atoms with Gasteiger partial charge in [-0.2, -0.15) is 0 Å². The van der Waals surface area contributed by atoms with Gasteiger partial charge in [-0.25, -0.2) is 0 Å². The summed E-state index contributed by atoms with van der Waals surface area (Å²) < 4.78 is 7.53. The van der Waals surface area contributed by atoms with Gasteiger partial charge >= 0.3 is 0 Å². The van der Waals surface area contributed by atoms with Crippen molar-refractivity contribution in [2.45, 2.75) is 6.04 Å². The minimum atomic E-state index is -0.164. The van der Waals surface area contributed by atoms with Crippen LogP contribution in [-0.4, -0.2) is 40.2 Å². The molecule has 3 rings (SSSR count). The standard InChI is InChI=1S/C16H18N2O3/c1-17-8-4-6-13(17)14-11-21-10-9-18(14)16(20)12-5-2-3-7-15(12)19/h2-8,14,19H,9-11H2,1H3/t14-/m0/s1. The summed E-state index contributed by atoms with van der Waals surface area (Å²) in [6, 6.07) is 10.5. The smallest absolute Gasteiger partial charge is 0.258 e. The molecule has 0 bridgehead atoms. The second kappa shape index (κ2) is 5.61. The van der Waals surface area contributed by atoms with Crippen LogP contribution in [0.25, 0.3) is 0 Å². The number of nitrogens with zero attached hydrogens (tertiary/aromatic N) is 2. The Morgan fingerprint density at radius 3 is 2.81 bits per heavy atom. The number of para-hydroxylation sites is 1. The zero-order valence-electron chi connectivity index (χ0n) is 11.9. The number of aryl methyl sites for hydroxylation is 1. The average Bonchev–Trinajstić information content (AvgIpc) is 2.93. The highest BCUT2D eigenvalue weighted by Gasteiger charge is 2.31. The van der Waals surface area contributed by atoms with Crippen molar-refractivity contribution in [2.24, 2.45) is 7.05 Å². The summed E-state index contributed by atoms with van der Waals surface area (Å²) >= 11 is 0. The van der Waals surface area contributed by atoms with E-state index < -0.39 is 0 Å². The number of aromatic nitrogens is 1. The van der Waals surface area contributed by atoms with Gasteiger partial charge in [0.2, 0.25) is 0 Å². The predicted molar refractivity (Wildman–Crippen MR) is 78.1 cm³/mol. The molecular formula is C16H18N2O3. The van der Waals surface area contributed by atoms with Gasteiger partial charge in [0.05, 0.1) is 24.8 Å². The molecule has 1 aliphatic rings. The molecule has 1 fully saturated rings. The summed E-state index contributed by atoms with van der Waals surface area (Å²) in [5, 5.41) is 9.90. The van der Waals surface area contributed by atoms with Gasteiger partial charge in [-0.15, -0.1) is 0 Å². The molecule has 0 radical (unpaired) electrons. The maximum Gasteiger partial charge on any atom is 0.258 e. The van der Waals surface area contributed by atoms with Gasteiger partial charge in [0.1, 0.15) is 5.75 Å². The molecule has 21 heavy (non-hydrogen) atoms. The molecule has 1 aromatic carbocycles. The molecule has 1 N–H and O–H groups in total. The van der Waals surface area contributed by atoms with Crippen LogP contribution in [0.2, 0.25) is 0 Å². The van der Waals surface area contributed by atoms with Gasteiger partial charge in [0.25, 0.3) is 5.91 Å². The highest BCUT2D eigenvalue weighted by Crippen LogP contribution is 2.28. The van der Waals surface area contributed by atoms with Gasteiger partial charge < -0.3 is 19.3 Å². The molecule has 110 valence electrons. The Bertz CT molecular complexity index is 650. The molecule has 1 aliphatic heterocycles. The summed E-state index contributed by atoms with van der Waals surface area (Å²) in [5.74, 6) is -0.151. The van der Waals surface area contributed by atoms with Crippen LogP contribution in [0.15, 0.2) is 42.6 Å². The fourth-order valence-electron chi connectivity index (χ4n) is 2.72. The van der Waals surface area contributed by atoms with Crippen LogP contribution in [0.4, 0.5) is 0 Å². The minimum absolute atomic E-state index is 0.0135. The lowest BCUT2D eigenvalue weighted by Gasteiger charge is -2.36. The zero-order valence-corrected chi connectivity index (χ0v) is 11.9. The van der Waals surface area contributed by atoms with E-state index in [4.69, 9.17) is 4.74 Å². The molecule has 5 nitrogen and oxygen atoms in total. The first-order valence-electron chi connectivity index (χ1n) is 6.96. The molecule has 2 heterocycles. The summed E-state index contributed by atoms with van der Waals surface area (Å²) in [7, 11) is 1.95. The summed E-state index contributed by atoms with van der Waals surface area (Å²) in [4.78, 5) is 14.5. The first-order chi connectivity index (χ1) is 10.2. The van der Waals surface area contributed by atoms with E-state index in [1.54, 1.807) is 23.1 Å². The van der Waals surface area contributed by atoms with E-state index in [9.17, 15) is 9.90 Å². The highest BCUT2D eigenvalue weighted by molar-refractivity contribution is 5.97. The Kier molecular flexibility index (Phi) is 3.66. The van der Waals surface area contributed by atoms with Crippen molar-refractivity contribution >= 4 is 5.91 Å². The Labute approximate surface area is 123 Å². The van der Waals surface area contributed by atoms with E-state index in [1.807, 2.05) is 29.9 Å². The number of hydrogen-bond acceptors (Lipinski definition) is 3. The molecule has 5 heteroatoms. The number of carbonyl (C=O) groups is 1. The molecular weight excluding hydrogens is 268 g/mol. The number of aromatic hydroxyl groups is 1. The lowest BCUT2D eigenvalue weighted by atomic mass is 10.1. The number of phenolic OH excluding ortho intramolecular Hbond substituents is 1. The van der Waals surface area contributed by atoms with Crippen molar-refractivity contribution in [3.8, 4) is 5.75 Å². The predicted octanol–water partition coefficient (Wildman–Crippen LogP) is 1.94. The van der Waals surface area contributed by atoms with Gasteiger partial charge in [-0.3, -0.25) is 4.79 Å². The van der Waals surface area contributed by atoms with Crippen molar-refractivity contribution in [2.75, 3.05) is 19.8 Å². The minimum Gasteiger partial charge on any atom is -0.507 e. The quantitative estimate of drug-likeness (QED) is 0.918. The molecule has 0 unspecified atom stereocenters. The largest absolute Gasteiger partial charge is 0.507 e. The first kappa shape index (κ1) is 13.7. The molecule has 1 atom stereocenters. The Morgan fingerprint density at radius 2 is 2.10 bits per heavy atom. The van der Waals surface area contributed by atoms with Gasteiger partial charge in [0, 0.05) is 25.5 Å². The SMILES string of the molecule is Cn1cccc1[C@@H]1COCCN1C(=O)c1ccccc1O. The molecule has 0 aliphatic carbocycles. The monoisotopic (exact) mass is 286 g/mol. The highest BCUT2D eigenvalue weighted by atomic mass is 16.5. The van der Waals surface area contributed by atoms with Crippen molar-refractivity contribution < 1.29 is 14.6 Å². The number of phenols is 1. The summed E-state index contributed by atoms with van der Waals surface area (Å²) in [6.07, 6.45) is 1.95. The molecule has 1 saturated heterocycles. The van der Waals surface area contributed by atoms with Crippen LogP contribution in [-0.2, 0) is 11.8 Å². The van der Waals surface area contributed by atoms with Crippen LogP contribution in [0, 0.1) is 0 Å². The normalized spacial score (nSPS) is 18.7.